The standard InChI is InChI=1S/C16H22BrN3O/c1-18-9-11-2-4-15(13(17)8-11)20-7-6-14-12(10-20)3-5-16(21)19-14/h2,4,8,12,14,18H,3,5-7,9-10H2,1H3,(H,19,21). The summed E-state index contributed by atoms with van der Waals surface area (Å²) in [6.45, 7) is 2.93. The second-order valence-corrected chi connectivity index (χ2v) is 6.88. The maximum Gasteiger partial charge on any atom is 0.220 e. The third-order valence-corrected chi connectivity index (χ3v) is 5.19. The lowest BCUT2D eigenvalue weighted by Crippen LogP contribution is -2.54. The summed E-state index contributed by atoms with van der Waals surface area (Å²) >= 11 is 3.71. The van der Waals surface area contributed by atoms with Crippen molar-refractivity contribution in [3.63, 3.8) is 0 Å². The fourth-order valence-electron chi connectivity index (χ4n) is 3.45. The van der Waals surface area contributed by atoms with E-state index in [9.17, 15) is 4.79 Å². The largest absolute Gasteiger partial charge is 0.370 e. The quantitative estimate of drug-likeness (QED) is 0.877. The van der Waals surface area contributed by atoms with E-state index in [0.29, 0.717) is 18.4 Å². The van der Waals surface area contributed by atoms with Crippen LogP contribution in [0.25, 0.3) is 0 Å². The highest BCUT2D eigenvalue weighted by Crippen LogP contribution is 2.33. The average molecular weight is 352 g/mol. The van der Waals surface area contributed by atoms with Crippen molar-refractivity contribution in [3.05, 3.63) is 28.2 Å². The minimum Gasteiger partial charge on any atom is -0.370 e. The molecule has 1 amide bonds. The number of anilines is 1. The lowest BCUT2D eigenvalue weighted by atomic mass is 9.85. The van der Waals surface area contributed by atoms with Crippen LogP contribution >= 0.6 is 15.9 Å². The molecule has 0 saturated carbocycles. The van der Waals surface area contributed by atoms with Gasteiger partial charge in [0.1, 0.15) is 0 Å². The minimum absolute atomic E-state index is 0.224. The van der Waals surface area contributed by atoms with Crippen LogP contribution in [0, 0.1) is 5.92 Å². The van der Waals surface area contributed by atoms with Crippen LogP contribution in [0.2, 0.25) is 0 Å². The Balaban J connectivity index is 1.72. The van der Waals surface area contributed by atoms with Crippen LogP contribution in [-0.4, -0.2) is 32.1 Å². The summed E-state index contributed by atoms with van der Waals surface area (Å²) < 4.78 is 1.16. The highest BCUT2D eigenvalue weighted by atomic mass is 79.9. The molecule has 1 aromatic rings. The number of carbonyl (C=O) groups excluding carboxylic acids is 1. The zero-order chi connectivity index (χ0) is 14.8. The molecule has 0 bridgehead atoms. The van der Waals surface area contributed by atoms with Gasteiger partial charge < -0.3 is 15.5 Å². The number of nitrogens with zero attached hydrogens (tertiary/aromatic N) is 1. The van der Waals surface area contributed by atoms with Crippen LogP contribution in [0.3, 0.4) is 0 Å². The van der Waals surface area contributed by atoms with Crippen molar-refractivity contribution >= 4 is 27.5 Å². The van der Waals surface area contributed by atoms with Crippen LogP contribution in [0.5, 0.6) is 0 Å². The molecule has 0 aliphatic carbocycles. The number of benzene rings is 1. The third kappa shape index (κ3) is 3.24. The number of hydrogen-bond acceptors (Lipinski definition) is 3. The van der Waals surface area contributed by atoms with Crippen LogP contribution < -0.4 is 15.5 Å². The van der Waals surface area contributed by atoms with Crippen LogP contribution in [0.4, 0.5) is 5.69 Å². The maximum absolute atomic E-state index is 11.5. The molecule has 1 aromatic carbocycles. The van der Waals surface area contributed by atoms with Gasteiger partial charge in [-0.25, -0.2) is 0 Å². The molecule has 2 saturated heterocycles. The number of nitrogens with one attached hydrogen (secondary N) is 2. The normalized spacial score (nSPS) is 25.4. The van der Waals surface area contributed by atoms with Gasteiger partial charge in [-0.2, -0.15) is 0 Å². The van der Waals surface area contributed by atoms with Gasteiger partial charge in [-0.3, -0.25) is 4.79 Å². The lowest BCUT2D eigenvalue weighted by Gasteiger charge is -2.42. The van der Waals surface area contributed by atoms with Crippen molar-refractivity contribution in [3.8, 4) is 0 Å². The number of amides is 1. The predicted octanol–water partition coefficient (Wildman–Crippen LogP) is 2.27. The topological polar surface area (TPSA) is 44.4 Å². The van der Waals surface area contributed by atoms with Gasteiger partial charge in [0.05, 0.1) is 5.69 Å². The SMILES string of the molecule is CNCc1ccc(N2CCC3NC(=O)CCC3C2)c(Br)c1. The summed E-state index contributed by atoms with van der Waals surface area (Å²) in [4.78, 5) is 13.9. The molecule has 4 nitrogen and oxygen atoms in total. The van der Waals surface area contributed by atoms with E-state index in [1.54, 1.807) is 0 Å². The van der Waals surface area contributed by atoms with Gasteiger partial charge >= 0.3 is 0 Å². The fourth-order valence-corrected chi connectivity index (χ4v) is 4.13. The first-order valence-corrected chi connectivity index (χ1v) is 8.44. The number of rotatable bonds is 3. The Hall–Kier alpha value is -1.07. The molecule has 2 atom stereocenters. The molecule has 0 radical (unpaired) electrons. The smallest absolute Gasteiger partial charge is 0.220 e. The van der Waals surface area contributed by atoms with E-state index >= 15 is 0 Å². The zero-order valence-electron chi connectivity index (χ0n) is 12.4. The number of carbonyl (C=O) groups is 1. The summed E-state index contributed by atoms with van der Waals surface area (Å²) in [5, 5.41) is 6.32. The van der Waals surface area contributed by atoms with Crippen molar-refractivity contribution < 1.29 is 4.79 Å². The summed E-state index contributed by atoms with van der Waals surface area (Å²) in [6.07, 6.45) is 2.74. The monoisotopic (exact) mass is 351 g/mol. The average Bonchev–Trinajstić information content (AvgIpc) is 2.47. The summed E-state index contributed by atoms with van der Waals surface area (Å²) in [6, 6.07) is 6.97. The maximum atomic E-state index is 11.5. The van der Waals surface area contributed by atoms with Gasteiger partial charge in [0, 0.05) is 36.6 Å². The van der Waals surface area contributed by atoms with E-state index in [2.05, 4.69) is 49.7 Å². The lowest BCUT2D eigenvalue weighted by molar-refractivity contribution is -0.124. The molecule has 2 aliphatic rings. The van der Waals surface area contributed by atoms with E-state index in [1.807, 2.05) is 7.05 Å². The number of hydrogen-bond donors (Lipinski definition) is 2. The number of fused-ring (bicyclic) bond motifs is 1. The second-order valence-electron chi connectivity index (χ2n) is 6.02. The molecule has 0 spiro atoms. The van der Waals surface area contributed by atoms with Crippen molar-refractivity contribution in [2.75, 3.05) is 25.0 Å². The first-order valence-electron chi connectivity index (χ1n) is 7.64. The van der Waals surface area contributed by atoms with Gasteiger partial charge in [-0.1, -0.05) is 6.07 Å². The second kappa shape index (κ2) is 6.36. The zero-order valence-corrected chi connectivity index (χ0v) is 13.9. The number of piperidine rings is 2. The van der Waals surface area contributed by atoms with E-state index < -0.39 is 0 Å². The first-order chi connectivity index (χ1) is 10.2. The summed E-state index contributed by atoms with van der Waals surface area (Å²) in [5.74, 6) is 0.808. The molecule has 114 valence electrons. The number of halogens is 1. The van der Waals surface area contributed by atoms with Crippen LogP contribution in [0.1, 0.15) is 24.8 Å². The molecule has 0 aromatic heterocycles. The van der Waals surface area contributed by atoms with Crippen molar-refractivity contribution in [2.45, 2.75) is 31.8 Å². The van der Waals surface area contributed by atoms with Gasteiger partial charge in [0.2, 0.25) is 5.91 Å². The Morgan fingerprint density at radius 2 is 2.29 bits per heavy atom. The Kier molecular flexibility index (Phi) is 4.50. The molecule has 2 N–H and O–H groups in total. The van der Waals surface area contributed by atoms with E-state index in [-0.39, 0.29) is 5.91 Å². The molecule has 2 fully saturated rings. The van der Waals surface area contributed by atoms with E-state index in [4.69, 9.17) is 0 Å². The van der Waals surface area contributed by atoms with Gasteiger partial charge in [0.15, 0.2) is 0 Å². The van der Waals surface area contributed by atoms with Gasteiger partial charge in [-0.15, -0.1) is 0 Å². The molecule has 2 aliphatic heterocycles. The Labute approximate surface area is 134 Å². The molecule has 5 heteroatoms. The molecular weight excluding hydrogens is 330 g/mol. The minimum atomic E-state index is 0.224. The highest BCUT2D eigenvalue weighted by Gasteiger charge is 2.34. The summed E-state index contributed by atoms with van der Waals surface area (Å²) in [5.41, 5.74) is 2.55. The van der Waals surface area contributed by atoms with E-state index in [0.717, 1.165) is 36.9 Å². The van der Waals surface area contributed by atoms with Crippen molar-refractivity contribution in [1.29, 1.82) is 0 Å². The molecule has 21 heavy (non-hydrogen) atoms. The molecule has 2 heterocycles. The van der Waals surface area contributed by atoms with Crippen molar-refractivity contribution in [2.24, 2.45) is 5.92 Å². The van der Waals surface area contributed by atoms with Gasteiger partial charge in [-0.05, 0) is 59.4 Å². The summed E-state index contributed by atoms with van der Waals surface area (Å²) in [7, 11) is 1.96. The first kappa shape index (κ1) is 14.9. The fraction of sp³-hybridized carbons (Fsp3) is 0.562. The highest BCUT2D eigenvalue weighted by molar-refractivity contribution is 9.10. The third-order valence-electron chi connectivity index (χ3n) is 4.56. The van der Waals surface area contributed by atoms with Gasteiger partial charge in [0.25, 0.3) is 0 Å². The Morgan fingerprint density at radius 1 is 1.43 bits per heavy atom. The Morgan fingerprint density at radius 3 is 3.05 bits per heavy atom. The van der Waals surface area contributed by atoms with E-state index in [1.165, 1.54) is 11.3 Å². The molecule has 3 rings (SSSR count). The molecule has 2 unspecified atom stereocenters. The molecular formula is C16H22BrN3O. The Bertz CT molecular complexity index is 534. The van der Waals surface area contributed by atoms with Crippen molar-refractivity contribution in [1.82, 2.24) is 10.6 Å². The van der Waals surface area contributed by atoms with Crippen LogP contribution in [0.15, 0.2) is 22.7 Å². The van der Waals surface area contributed by atoms with Crippen LogP contribution in [-0.2, 0) is 11.3 Å². The predicted molar refractivity (Wildman–Crippen MR) is 88.4 cm³/mol.